The van der Waals surface area contributed by atoms with Crippen molar-refractivity contribution in [2.45, 2.75) is 38.1 Å². The largest absolute Gasteiger partial charge is 0.352 e. The highest BCUT2D eigenvalue weighted by atomic mass is 32.2. The van der Waals surface area contributed by atoms with Crippen molar-refractivity contribution in [2.75, 3.05) is 13.1 Å². The third-order valence-corrected chi connectivity index (χ3v) is 7.03. The van der Waals surface area contributed by atoms with Crippen molar-refractivity contribution < 1.29 is 13.2 Å². The first-order chi connectivity index (χ1) is 12.9. The van der Waals surface area contributed by atoms with Crippen LogP contribution in [0, 0.1) is 19.8 Å². The second-order valence-electron chi connectivity index (χ2n) is 7.23. The van der Waals surface area contributed by atoms with E-state index in [4.69, 9.17) is 0 Å². The number of rotatable bonds is 6. The maximum absolute atomic E-state index is 12.9. The lowest BCUT2D eigenvalue weighted by Crippen LogP contribution is -2.30. The van der Waals surface area contributed by atoms with Crippen molar-refractivity contribution in [3.05, 3.63) is 65.2 Å². The Morgan fingerprint density at radius 2 is 1.85 bits per heavy atom. The van der Waals surface area contributed by atoms with Gasteiger partial charge in [-0.25, -0.2) is 8.42 Å². The van der Waals surface area contributed by atoms with Crippen molar-refractivity contribution in [1.82, 2.24) is 9.62 Å². The molecular weight excluding hydrogens is 360 g/mol. The number of benzene rings is 2. The molecule has 2 aromatic carbocycles. The number of hydrogen-bond acceptors (Lipinski definition) is 3. The average Bonchev–Trinajstić information content (AvgIpc) is 3.12. The summed E-state index contributed by atoms with van der Waals surface area (Å²) in [4.78, 5) is 12.5. The number of carbonyl (C=O) groups is 1. The Morgan fingerprint density at radius 1 is 1.11 bits per heavy atom. The molecule has 0 radical (unpaired) electrons. The van der Waals surface area contributed by atoms with E-state index in [9.17, 15) is 13.2 Å². The predicted molar refractivity (Wildman–Crippen MR) is 106 cm³/mol. The lowest BCUT2D eigenvalue weighted by molar-refractivity contribution is -0.122. The SMILES string of the molecule is Cc1ccc(S(=O)(=O)N2CCC(CC(=O)NCc3ccccc3)C2)cc1C. The van der Waals surface area contributed by atoms with Crippen LogP contribution in [0.3, 0.4) is 0 Å². The molecule has 1 N–H and O–H groups in total. The van der Waals surface area contributed by atoms with E-state index in [1.807, 2.05) is 50.2 Å². The van der Waals surface area contributed by atoms with Crippen LogP contribution in [0.25, 0.3) is 0 Å². The topological polar surface area (TPSA) is 66.5 Å². The van der Waals surface area contributed by atoms with Gasteiger partial charge in [0.25, 0.3) is 0 Å². The summed E-state index contributed by atoms with van der Waals surface area (Å²) in [5, 5.41) is 2.92. The van der Waals surface area contributed by atoms with Gasteiger partial charge in [0.1, 0.15) is 0 Å². The smallest absolute Gasteiger partial charge is 0.243 e. The van der Waals surface area contributed by atoms with Crippen LogP contribution in [-0.2, 0) is 21.4 Å². The third-order valence-electron chi connectivity index (χ3n) is 5.17. The van der Waals surface area contributed by atoms with Crippen LogP contribution in [0.15, 0.2) is 53.4 Å². The number of aryl methyl sites for hydroxylation is 2. The lowest BCUT2D eigenvalue weighted by atomic mass is 10.0. The first-order valence-electron chi connectivity index (χ1n) is 9.24. The Bertz CT molecular complexity index is 910. The fourth-order valence-electron chi connectivity index (χ4n) is 3.34. The summed E-state index contributed by atoms with van der Waals surface area (Å²) in [5.41, 5.74) is 3.09. The van der Waals surface area contributed by atoms with Gasteiger partial charge in [-0.3, -0.25) is 4.79 Å². The van der Waals surface area contributed by atoms with E-state index < -0.39 is 10.0 Å². The molecule has 1 amide bonds. The van der Waals surface area contributed by atoms with E-state index in [0.717, 1.165) is 16.7 Å². The Balaban J connectivity index is 1.56. The standard InChI is InChI=1S/C21H26N2O3S/c1-16-8-9-20(12-17(16)2)27(25,26)23-11-10-19(15-23)13-21(24)22-14-18-6-4-3-5-7-18/h3-9,12,19H,10-11,13-15H2,1-2H3,(H,22,24). The summed E-state index contributed by atoms with van der Waals surface area (Å²) in [6.45, 7) is 5.24. The Morgan fingerprint density at radius 3 is 2.56 bits per heavy atom. The van der Waals surface area contributed by atoms with Crippen LogP contribution in [0.2, 0.25) is 0 Å². The lowest BCUT2D eigenvalue weighted by Gasteiger charge is -2.17. The van der Waals surface area contributed by atoms with E-state index >= 15 is 0 Å². The molecule has 1 saturated heterocycles. The highest BCUT2D eigenvalue weighted by Gasteiger charge is 2.33. The van der Waals surface area contributed by atoms with E-state index in [2.05, 4.69) is 5.32 Å². The number of nitrogens with one attached hydrogen (secondary N) is 1. The van der Waals surface area contributed by atoms with Gasteiger partial charge in [0.05, 0.1) is 4.90 Å². The maximum Gasteiger partial charge on any atom is 0.243 e. The van der Waals surface area contributed by atoms with Crippen molar-refractivity contribution in [3.8, 4) is 0 Å². The number of sulfonamides is 1. The minimum atomic E-state index is -3.50. The molecule has 1 unspecified atom stereocenters. The van der Waals surface area contributed by atoms with Gasteiger partial charge in [-0.15, -0.1) is 0 Å². The van der Waals surface area contributed by atoms with Crippen LogP contribution in [0.4, 0.5) is 0 Å². The third kappa shape index (κ3) is 4.76. The average molecular weight is 387 g/mol. The second-order valence-corrected chi connectivity index (χ2v) is 9.17. The van der Waals surface area contributed by atoms with Crippen molar-refractivity contribution in [2.24, 2.45) is 5.92 Å². The molecular formula is C21H26N2O3S. The summed E-state index contributed by atoms with van der Waals surface area (Å²) in [5.74, 6) is 0.0244. The molecule has 3 rings (SSSR count). The van der Waals surface area contributed by atoms with E-state index in [1.165, 1.54) is 4.31 Å². The van der Waals surface area contributed by atoms with Crippen molar-refractivity contribution in [1.29, 1.82) is 0 Å². The number of carbonyl (C=O) groups excluding carboxylic acids is 1. The maximum atomic E-state index is 12.9. The van der Waals surface area contributed by atoms with Gasteiger partial charge < -0.3 is 5.32 Å². The van der Waals surface area contributed by atoms with Crippen LogP contribution < -0.4 is 5.32 Å². The predicted octanol–water partition coefficient (Wildman–Crippen LogP) is 3.02. The molecule has 0 spiro atoms. The molecule has 6 heteroatoms. The summed E-state index contributed by atoms with van der Waals surface area (Å²) in [7, 11) is -3.50. The first-order valence-corrected chi connectivity index (χ1v) is 10.7. The van der Waals surface area contributed by atoms with Crippen LogP contribution in [0.5, 0.6) is 0 Å². The van der Waals surface area contributed by atoms with E-state index in [0.29, 0.717) is 37.4 Å². The summed E-state index contributed by atoms with van der Waals surface area (Å²) >= 11 is 0. The molecule has 2 aromatic rings. The molecule has 1 fully saturated rings. The molecule has 1 heterocycles. The number of nitrogens with zero attached hydrogens (tertiary/aromatic N) is 1. The zero-order valence-corrected chi connectivity index (χ0v) is 16.6. The van der Waals surface area contributed by atoms with Crippen LogP contribution in [0.1, 0.15) is 29.5 Å². The molecule has 1 aliphatic heterocycles. The van der Waals surface area contributed by atoms with E-state index in [-0.39, 0.29) is 11.8 Å². The molecule has 0 saturated carbocycles. The minimum absolute atomic E-state index is 0.0331. The normalized spacial score (nSPS) is 17.8. The Labute approximate surface area is 161 Å². The van der Waals surface area contributed by atoms with Gasteiger partial charge in [-0.1, -0.05) is 36.4 Å². The van der Waals surface area contributed by atoms with Gasteiger partial charge in [0.15, 0.2) is 0 Å². The zero-order chi connectivity index (χ0) is 19.4. The molecule has 0 bridgehead atoms. The van der Waals surface area contributed by atoms with Gasteiger partial charge >= 0.3 is 0 Å². The van der Waals surface area contributed by atoms with Gasteiger partial charge in [0, 0.05) is 26.1 Å². The Kier molecular flexibility index (Phi) is 5.97. The van der Waals surface area contributed by atoms with Crippen molar-refractivity contribution >= 4 is 15.9 Å². The monoisotopic (exact) mass is 386 g/mol. The summed E-state index contributed by atoms with van der Waals surface area (Å²) in [6, 6.07) is 15.0. The molecule has 0 aliphatic carbocycles. The number of amides is 1. The second kappa shape index (κ2) is 8.23. The zero-order valence-electron chi connectivity index (χ0n) is 15.8. The van der Waals surface area contributed by atoms with Crippen LogP contribution >= 0.6 is 0 Å². The molecule has 144 valence electrons. The summed E-state index contributed by atoms with van der Waals surface area (Å²) in [6.07, 6.45) is 1.06. The molecule has 0 aromatic heterocycles. The summed E-state index contributed by atoms with van der Waals surface area (Å²) < 4.78 is 27.2. The van der Waals surface area contributed by atoms with Crippen molar-refractivity contribution in [3.63, 3.8) is 0 Å². The van der Waals surface area contributed by atoms with Gasteiger partial charge in [0.2, 0.25) is 15.9 Å². The molecule has 1 aliphatic rings. The Hall–Kier alpha value is -2.18. The van der Waals surface area contributed by atoms with Gasteiger partial charge in [-0.2, -0.15) is 4.31 Å². The highest BCUT2D eigenvalue weighted by Crippen LogP contribution is 2.27. The minimum Gasteiger partial charge on any atom is -0.352 e. The van der Waals surface area contributed by atoms with Crippen LogP contribution in [-0.4, -0.2) is 31.7 Å². The molecule has 5 nitrogen and oxygen atoms in total. The molecule has 27 heavy (non-hydrogen) atoms. The molecule has 1 atom stereocenters. The fourth-order valence-corrected chi connectivity index (χ4v) is 4.95. The first kappa shape index (κ1) is 19.6. The highest BCUT2D eigenvalue weighted by molar-refractivity contribution is 7.89. The number of hydrogen-bond donors (Lipinski definition) is 1. The fraction of sp³-hybridized carbons (Fsp3) is 0.381. The quantitative estimate of drug-likeness (QED) is 0.830. The van der Waals surface area contributed by atoms with Gasteiger partial charge in [-0.05, 0) is 55.0 Å². The van der Waals surface area contributed by atoms with E-state index in [1.54, 1.807) is 12.1 Å².